The van der Waals surface area contributed by atoms with Gasteiger partial charge in [0.1, 0.15) is 0 Å². The molecule has 2 atom stereocenters. The van der Waals surface area contributed by atoms with Gasteiger partial charge in [0, 0.05) is 0 Å². The third kappa shape index (κ3) is 2.23. The summed E-state index contributed by atoms with van der Waals surface area (Å²) in [5.74, 6) is 0.622. The van der Waals surface area contributed by atoms with Crippen molar-refractivity contribution in [2.24, 2.45) is 17.3 Å². The SMILES string of the molecule is CC(C)C1[CH]CC(C)(C(=O)O)CC1. The van der Waals surface area contributed by atoms with Crippen LogP contribution in [0.4, 0.5) is 0 Å². The van der Waals surface area contributed by atoms with Crippen molar-refractivity contribution in [2.45, 2.75) is 40.0 Å². The molecule has 0 aromatic heterocycles. The molecule has 0 amide bonds. The van der Waals surface area contributed by atoms with E-state index >= 15 is 0 Å². The van der Waals surface area contributed by atoms with Gasteiger partial charge in [-0.15, -0.1) is 0 Å². The van der Waals surface area contributed by atoms with E-state index in [1.165, 1.54) is 0 Å². The highest BCUT2D eigenvalue weighted by Crippen LogP contribution is 2.40. The summed E-state index contributed by atoms with van der Waals surface area (Å²) < 4.78 is 0. The van der Waals surface area contributed by atoms with E-state index in [0.29, 0.717) is 11.8 Å². The number of aliphatic carboxylic acids is 1. The molecule has 2 nitrogen and oxygen atoms in total. The number of carboxylic acid groups (broad SMARTS) is 1. The Morgan fingerprint density at radius 3 is 2.54 bits per heavy atom. The van der Waals surface area contributed by atoms with E-state index in [1.54, 1.807) is 0 Å². The molecule has 1 saturated carbocycles. The predicted octanol–water partition coefficient (Wildman–Crippen LogP) is 2.74. The quantitative estimate of drug-likeness (QED) is 0.714. The molecular formula is C11H19O2. The molecule has 0 aromatic rings. The van der Waals surface area contributed by atoms with Crippen LogP contribution in [0.25, 0.3) is 0 Å². The lowest BCUT2D eigenvalue weighted by molar-refractivity contribution is -0.149. The van der Waals surface area contributed by atoms with Crippen molar-refractivity contribution in [1.29, 1.82) is 0 Å². The summed E-state index contributed by atoms with van der Waals surface area (Å²) in [7, 11) is 0. The van der Waals surface area contributed by atoms with Crippen LogP contribution < -0.4 is 0 Å². The third-order valence-corrected chi connectivity index (χ3v) is 3.27. The second kappa shape index (κ2) is 3.69. The summed E-state index contributed by atoms with van der Waals surface area (Å²) in [5, 5.41) is 9.00. The van der Waals surface area contributed by atoms with Gasteiger partial charge in [-0.2, -0.15) is 0 Å². The van der Waals surface area contributed by atoms with Crippen LogP contribution in [0.3, 0.4) is 0 Å². The zero-order chi connectivity index (χ0) is 10.1. The van der Waals surface area contributed by atoms with Crippen LogP contribution >= 0.6 is 0 Å². The summed E-state index contributed by atoms with van der Waals surface area (Å²) in [6.07, 6.45) is 4.77. The molecule has 0 heterocycles. The van der Waals surface area contributed by atoms with Crippen molar-refractivity contribution in [3.8, 4) is 0 Å². The minimum Gasteiger partial charge on any atom is -0.481 e. The molecule has 1 N–H and O–H groups in total. The maximum absolute atomic E-state index is 10.9. The molecule has 2 heteroatoms. The van der Waals surface area contributed by atoms with Crippen LogP contribution in [0.2, 0.25) is 0 Å². The van der Waals surface area contributed by atoms with Crippen LogP contribution in [0.15, 0.2) is 0 Å². The molecule has 2 unspecified atom stereocenters. The predicted molar refractivity (Wildman–Crippen MR) is 52.2 cm³/mol. The molecule has 1 aliphatic rings. The fourth-order valence-electron chi connectivity index (χ4n) is 1.92. The first kappa shape index (κ1) is 10.6. The molecule has 1 fully saturated rings. The second-order valence-electron chi connectivity index (χ2n) is 4.75. The van der Waals surface area contributed by atoms with Crippen LogP contribution in [0.5, 0.6) is 0 Å². The van der Waals surface area contributed by atoms with Gasteiger partial charge in [0.2, 0.25) is 0 Å². The van der Waals surface area contributed by atoms with Crippen molar-refractivity contribution in [1.82, 2.24) is 0 Å². The third-order valence-electron chi connectivity index (χ3n) is 3.27. The Morgan fingerprint density at radius 2 is 2.23 bits per heavy atom. The molecular weight excluding hydrogens is 164 g/mol. The zero-order valence-corrected chi connectivity index (χ0v) is 8.71. The van der Waals surface area contributed by atoms with Gasteiger partial charge >= 0.3 is 5.97 Å². The van der Waals surface area contributed by atoms with Gasteiger partial charge in [0.05, 0.1) is 5.41 Å². The molecule has 13 heavy (non-hydrogen) atoms. The lowest BCUT2D eigenvalue weighted by Gasteiger charge is -2.35. The van der Waals surface area contributed by atoms with E-state index in [2.05, 4.69) is 20.3 Å². The lowest BCUT2D eigenvalue weighted by atomic mass is 9.69. The first-order chi connectivity index (χ1) is 5.96. The van der Waals surface area contributed by atoms with Crippen LogP contribution in [0.1, 0.15) is 40.0 Å². The molecule has 0 aliphatic heterocycles. The summed E-state index contributed by atoms with van der Waals surface area (Å²) in [4.78, 5) is 10.9. The molecule has 1 aliphatic carbocycles. The smallest absolute Gasteiger partial charge is 0.309 e. The lowest BCUT2D eigenvalue weighted by Crippen LogP contribution is -2.33. The number of carbonyl (C=O) groups is 1. The standard InChI is InChI=1S/C11H19O2/c1-8(2)9-4-6-11(3,7-5-9)10(12)13/h4,8-9H,5-7H2,1-3H3,(H,12,13). The van der Waals surface area contributed by atoms with Crippen molar-refractivity contribution >= 4 is 5.97 Å². The number of carboxylic acids is 1. The zero-order valence-electron chi connectivity index (χ0n) is 8.71. The first-order valence-electron chi connectivity index (χ1n) is 5.02. The van der Waals surface area contributed by atoms with Crippen LogP contribution in [-0.4, -0.2) is 11.1 Å². The van der Waals surface area contributed by atoms with Gasteiger partial charge in [-0.25, -0.2) is 0 Å². The molecule has 0 aromatic carbocycles. The average molecular weight is 183 g/mol. The Bertz CT molecular complexity index is 188. The second-order valence-corrected chi connectivity index (χ2v) is 4.75. The Hall–Kier alpha value is -0.530. The topological polar surface area (TPSA) is 37.3 Å². The summed E-state index contributed by atoms with van der Waals surface area (Å²) in [6, 6.07) is 0. The minimum atomic E-state index is -0.647. The van der Waals surface area contributed by atoms with Crippen LogP contribution in [0, 0.1) is 23.7 Å². The van der Waals surface area contributed by atoms with Gasteiger partial charge in [-0.3, -0.25) is 4.79 Å². The molecule has 1 radical (unpaired) electrons. The highest BCUT2D eigenvalue weighted by molar-refractivity contribution is 5.74. The van der Waals surface area contributed by atoms with Crippen molar-refractivity contribution in [3.63, 3.8) is 0 Å². The molecule has 0 saturated heterocycles. The van der Waals surface area contributed by atoms with E-state index < -0.39 is 11.4 Å². The Morgan fingerprint density at radius 1 is 1.62 bits per heavy atom. The Labute approximate surface area is 80.3 Å². The van der Waals surface area contributed by atoms with Crippen molar-refractivity contribution < 1.29 is 9.90 Å². The van der Waals surface area contributed by atoms with Crippen molar-refractivity contribution in [3.05, 3.63) is 6.42 Å². The Kier molecular flexibility index (Phi) is 2.99. The van der Waals surface area contributed by atoms with E-state index in [0.717, 1.165) is 19.3 Å². The minimum absolute atomic E-state index is 0.495. The molecule has 0 bridgehead atoms. The van der Waals surface area contributed by atoms with Crippen LogP contribution in [-0.2, 0) is 4.79 Å². The van der Waals surface area contributed by atoms with E-state index in [-0.39, 0.29) is 0 Å². The number of rotatable bonds is 2. The van der Waals surface area contributed by atoms with Gasteiger partial charge in [-0.1, -0.05) is 13.8 Å². The Balaban J connectivity index is 2.51. The largest absolute Gasteiger partial charge is 0.481 e. The number of hydrogen-bond acceptors (Lipinski definition) is 1. The maximum atomic E-state index is 10.9. The van der Waals surface area contributed by atoms with Gasteiger partial charge in [0.25, 0.3) is 0 Å². The number of hydrogen-bond donors (Lipinski definition) is 1. The molecule has 0 spiro atoms. The summed E-state index contributed by atoms with van der Waals surface area (Å²) >= 11 is 0. The highest BCUT2D eigenvalue weighted by atomic mass is 16.4. The summed E-state index contributed by atoms with van der Waals surface area (Å²) in [6.45, 7) is 6.25. The molecule has 1 rings (SSSR count). The maximum Gasteiger partial charge on any atom is 0.309 e. The normalized spacial score (nSPS) is 34.9. The van der Waals surface area contributed by atoms with Crippen molar-refractivity contribution in [2.75, 3.05) is 0 Å². The highest BCUT2D eigenvalue weighted by Gasteiger charge is 2.38. The molecule has 75 valence electrons. The average Bonchev–Trinajstić information content (AvgIpc) is 2.04. The fraction of sp³-hybridized carbons (Fsp3) is 0.818. The van der Waals surface area contributed by atoms with Gasteiger partial charge in [0.15, 0.2) is 0 Å². The van der Waals surface area contributed by atoms with Gasteiger partial charge in [-0.05, 0) is 44.4 Å². The summed E-state index contributed by atoms with van der Waals surface area (Å²) in [5.41, 5.74) is -0.495. The van der Waals surface area contributed by atoms with Gasteiger partial charge < -0.3 is 5.11 Å². The van der Waals surface area contributed by atoms with E-state index in [1.807, 2.05) is 6.92 Å². The fourth-order valence-corrected chi connectivity index (χ4v) is 1.92. The van der Waals surface area contributed by atoms with E-state index in [9.17, 15) is 4.79 Å². The first-order valence-corrected chi connectivity index (χ1v) is 5.02. The monoisotopic (exact) mass is 183 g/mol. The van der Waals surface area contributed by atoms with E-state index in [4.69, 9.17) is 5.11 Å².